The molecule has 7 heteroatoms. The van der Waals surface area contributed by atoms with Crippen molar-refractivity contribution < 1.29 is 10.0 Å². The van der Waals surface area contributed by atoms with E-state index in [2.05, 4.69) is 22.3 Å². The van der Waals surface area contributed by atoms with Gasteiger partial charge in [0.05, 0.1) is 6.54 Å². The third-order valence-corrected chi connectivity index (χ3v) is 4.50. The van der Waals surface area contributed by atoms with Crippen LogP contribution < -0.4 is 11.1 Å². The van der Waals surface area contributed by atoms with E-state index in [1.54, 1.807) is 0 Å². The zero-order valence-corrected chi connectivity index (χ0v) is 12.8. The molecule has 0 atom stereocenters. The number of amides is 2. The van der Waals surface area contributed by atoms with Crippen LogP contribution in [0.3, 0.4) is 0 Å². The lowest BCUT2D eigenvalue weighted by Crippen LogP contribution is -2.51. The number of hydrogen-bond donors (Lipinski definition) is 3. The Morgan fingerprint density at radius 3 is 2.43 bits per heavy atom. The monoisotopic (exact) mass is 297 g/mol. The Bertz CT molecular complexity index is 372. The second kappa shape index (κ2) is 7.49. The van der Waals surface area contributed by atoms with Crippen LogP contribution in [0.4, 0.5) is 4.79 Å². The fourth-order valence-electron chi connectivity index (χ4n) is 2.97. The normalized spacial score (nSPS) is 23.3. The van der Waals surface area contributed by atoms with Gasteiger partial charge >= 0.3 is 6.03 Å². The van der Waals surface area contributed by atoms with Crippen LogP contribution >= 0.6 is 0 Å². The van der Waals surface area contributed by atoms with E-state index in [0.717, 1.165) is 57.8 Å². The van der Waals surface area contributed by atoms with Gasteiger partial charge in [-0.15, -0.1) is 0 Å². The van der Waals surface area contributed by atoms with Crippen LogP contribution in [-0.4, -0.2) is 65.6 Å². The molecule has 2 saturated heterocycles. The average molecular weight is 297 g/mol. The number of nitrogens with two attached hydrogens (primary N) is 1. The lowest BCUT2D eigenvalue weighted by atomic mass is 9.99. The van der Waals surface area contributed by atoms with Gasteiger partial charge in [0.25, 0.3) is 0 Å². The average Bonchev–Trinajstić information content (AvgIpc) is 2.49. The number of likely N-dealkylation sites (tertiary alicyclic amines) is 2. The highest BCUT2D eigenvalue weighted by Crippen LogP contribution is 2.17. The maximum absolute atomic E-state index is 12.2. The summed E-state index contributed by atoms with van der Waals surface area (Å²) in [5.41, 5.74) is 5.51. The maximum atomic E-state index is 12.2. The van der Waals surface area contributed by atoms with Crippen molar-refractivity contribution in [3.05, 3.63) is 0 Å². The third-order valence-electron chi connectivity index (χ3n) is 4.50. The third kappa shape index (κ3) is 4.77. The molecule has 2 amide bonds. The highest BCUT2D eigenvalue weighted by Gasteiger charge is 2.25. The predicted molar refractivity (Wildman–Crippen MR) is 81.4 cm³/mol. The summed E-state index contributed by atoms with van der Waals surface area (Å²) in [5, 5.41) is 14.7. The number of urea groups is 1. The molecule has 0 bridgehead atoms. The number of oxime groups is 1. The molecule has 2 aliphatic heterocycles. The summed E-state index contributed by atoms with van der Waals surface area (Å²) in [7, 11) is 0. The van der Waals surface area contributed by atoms with Crippen LogP contribution in [0.25, 0.3) is 0 Å². The molecule has 2 heterocycles. The van der Waals surface area contributed by atoms with E-state index in [-0.39, 0.29) is 17.9 Å². The maximum Gasteiger partial charge on any atom is 0.317 e. The number of rotatable bonds is 3. The van der Waals surface area contributed by atoms with Crippen LogP contribution in [0.2, 0.25) is 0 Å². The summed E-state index contributed by atoms with van der Waals surface area (Å²) >= 11 is 0. The first kappa shape index (κ1) is 15.9. The summed E-state index contributed by atoms with van der Waals surface area (Å²) < 4.78 is 0. The van der Waals surface area contributed by atoms with Gasteiger partial charge in [-0.2, -0.15) is 0 Å². The summed E-state index contributed by atoms with van der Waals surface area (Å²) in [5.74, 6) is 0.968. The first-order chi connectivity index (χ1) is 10.1. The Morgan fingerprint density at radius 2 is 1.86 bits per heavy atom. The first-order valence-electron chi connectivity index (χ1n) is 7.82. The first-order valence-corrected chi connectivity index (χ1v) is 7.82. The van der Waals surface area contributed by atoms with Crippen molar-refractivity contribution in [1.29, 1.82) is 0 Å². The van der Waals surface area contributed by atoms with Crippen LogP contribution in [-0.2, 0) is 0 Å². The van der Waals surface area contributed by atoms with E-state index in [4.69, 9.17) is 10.9 Å². The summed E-state index contributed by atoms with van der Waals surface area (Å²) in [4.78, 5) is 16.3. The summed E-state index contributed by atoms with van der Waals surface area (Å²) in [6.07, 6.45) is 4.03. The van der Waals surface area contributed by atoms with Crippen LogP contribution in [0, 0.1) is 5.92 Å². The van der Waals surface area contributed by atoms with Gasteiger partial charge in [-0.05, 0) is 31.6 Å². The fraction of sp³-hybridized carbons (Fsp3) is 0.857. The molecule has 0 unspecified atom stereocenters. The molecule has 21 heavy (non-hydrogen) atoms. The van der Waals surface area contributed by atoms with Crippen molar-refractivity contribution in [2.75, 3.05) is 32.7 Å². The molecule has 0 saturated carbocycles. The molecular formula is C14H27N5O2. The van der Waals surface area contributed by atoms with Crippen molar-refractivity contribution in [3.8, 4) is 0 Å². The zero-order valence-electron chi connectivity index (χ0n) is 12.8. The minimum atomic E-state index is 0.0804. The molecule has 7 nitrogen and oxygen atoms in total. The largest absolute Gasteiger partial charge is 0.409 e. The van der Waals surface area contributed by atoms with Gasteiger partial charge in [0.15, 0.2) is 5.84 Å². The van der Waals surface area contributed by atoms with Crippen LogP contribution in [0.1, 0.15) is 32.6 Å². The summed E-state index contributed by atoms with van der Waals surface area (Å²) in [6, 6.07) is 0.317. The molecule has 4 N–H and O–H groups in total. The Labute approximate surface area is 126 Å². The SMILES string of the molecule is CC1CCN(C(=O)NC2CCN(CC(N)=NO)CC2)CC1. The molecule has 2 rings (SSSR count). The van der Waals surface area contributed by atoms with Gasteiger partial charge < -0.3 is 21.2 Å². The van der Waals surface area contributed by atoms with Gasteiger partial charge in [0, 0.05) is 32.2 Å². The van der Waals surface area contributed by atoms with E-state index in [1.807, 2.05) is 4.90 Å². The molecule has 0 aliphatic carbocycles. The van der Waals surface area contributed by atoms with Gasteiger partial charge in [-0.25, -0.2) is 4.79 Å². The number of hydrogen-bond acceptors (Lipinski definition) is 4. The Morgan fingerprint density at radius 1 is 1.24 bits per heavy atom. The van der Waals surface area contributed by atoms with Crippen LogP contribution in [0.5, 0.6) is 0 Å². The quantitative estimate of drug-likeness (QED) is 0.308. The lowest BCUT2D eigenvalue weighted by molar-refractivity contribution is 0.160. The second-order valence-electron chi connectivity index (χ2n) is 6.26. The van der Waals surface area contributed by atoms with Crippen molar-refractivity contribution in [2.45, 2.75) is 38.6 Å². The molecule has 0 spiro atoms. The molecule has 120 valence electrons. The highest BCUT2D eigenvalue weighted by molar-refractivity contribution is 5.81. The van der Waals surface area contributed by atoms with Crippen molar-refractivity contribution >= 4 is 11.9 Å². The molecular weight excluding hydrogens is 270 g/mol. The number of carbonyl (C=O) groups excluding carboxylic acids is 1. The van der Waals surface area contributed by atoms with Crippen molar-refractivity contribution in [3.63, 3.8) is 0 Å². The smallest absolute Gasteiger partial charge is 0.317 e. The fourth-order valence-corrected chi connectivity index (χ4v) is 2.97. The zero-order chi connectivity index (χ0) is 15.2. The van der Waals surface area contributed by atoms with E-state index in [9.17, 15) is 4.79 Å². The second-order valence-corrected chi connectivity index (χ2v) is 6.26. The molecule has 0 aromatic heterocycles. The van der Waals surface area contributed by atoms with Crippen molar-refractivity contribution in [2.24, 2.45) is 16.8 Å². The number of carbonyl (C=O) groups is 1. The van der Waals surface area contributed by atoms with E-state index >= 15 is 0 Å². The molecule has 0 aromatic carbocycles. The van der Waals surface area contributed by atoms with E-state index < -0.39 is 0 Å². The number of piperidine rings is 2. The molecule has 0 aromatic rings. The predicted octanol–water partition coefficient (Wildman–Crippen LogP) is 0.639. The standard InChI is InChI=1S/C14H27N5O2/c1-11-2-8-19(9-3-11)14(20)16-12-4-6-18(7-5-12)10-13(15)17-21/h11-12,21H,2-10H2,1H3,(H2,15,17)(H,16,20). The minimum absolute atomic E-state index is 0.0804. The van der Waals surface area contributed by atoms with E-state index in [1.165, 1.54) is 0 Å². The number of nitrogens with zero attached hydrogens (tertiary/aromatic N) is 3. The summed E-state index contributed by atoms with van der Waals surface area (Å²) in [6.45, 7) is 6.19. The van der Waals surface area contributed by atoms with Gasteiger partial charge in [0.2, 0.25) is 0 Å². The number of amidine groups is 1. The van der Waals surface area contributed by atoms with Gasteiger partial charge in [-0.1, -0.05) is 12.1 Å². The van der Waals surface area contributed by atoms with Crippen LogP contribution in [0.15, 0.2) is 5.16 Å². The Hall–Kier alpha value is -1.50. The van der Waals surface area contributed by atoms with Crippen molar-refractivity contribution in [1.82, 2.24) is 15.1 Å². The number of nitrogens with one attached hydrogen (secondary N) is 1. The molecule has 2 aliphatic rings. The lowest BCUT2D eigenvalue weighted by Gasteiger charge is -2.35. The minimum Gasteiger partial charge on any atom is -0.409 e. The molecule has 0 radical (unpaired) electrons. The van der Waals surface area contributed by atoms with E-state index in [0.29, 0.717) is 6.54 Å². The molecule has 2 fully saturated rings. The Kier molecular flexibility index (Phi) is 5.67. The van der Waals surface area contributed by atoms with Gasteiger partial charge in [-0.3, -0.25) is 4.90 Å². The highest BCUT2D eigenvalue weighted by atomic mass is 16.4. The Balaban J connectivity index is 1.69. The topological polar surface area (TPSA) is 94.2 Å². The van der Waals surface area contributed by atoms with Gasteiger partial charge in [0.1, 0.15) is 0 Å².